The van der Waals surface area contributed by atoms with Gasteiger partial charge in [0.1, 0.15) is 0 Å². The Kier molecular flexibility index (Phi) is 4.15. The number of para-hydroxylation sites is 1. The third-order valence-corrected chi connectivity index (χ3v) is 2.66. The van der Waals surface area contributed by atoms with Gasteiger partial charge < -0.3 is 10.0 Å². The number of nitrogens with zero attached hydrogens (tertiary/aromatic N) is 1. The molecule has 0 radical (unpaired) electrons. The van der Waals surface area contributed by atoms with Gasteiger partial charge in [0, 0.05) is 23.8 Å². The van der Waals surface area contributed by atoms with Crippen LogP contribution in [-0.2, 0) is 0 Å². The topological polar surface area (TPSA) is 23.5 Å². The van der Waals surface area contributed by atoms with Crippen molar-refractivity contribution < 1.29 is 5.11 Å². The summed E-state index contributed by atoms with van der Waals surface area (Å²) < 4.78 is 0. The number of benzene rings is 1. The Hall–Kier alpha value is -1.02. The van der Waals surface area contributed by atoms with Crippen LogP contribution in [0.25, 0.3) is 0 Å². The molecule has 1 atom stereocenters. The van der Waals surface area contributed by atoms with Crippen molar-refractivity contribution in [2.24, 2.45) is 0 Å². The Morgan fingerprint density at radius 2 is 1.80 bits per heavy atom. The van der Waals surface area contributed by atoms with Crippen molar-refractivity contribution in [3.05, 3.63) is 29.8 Å². The van der Waals surface area contributed by atoms with Crippen molar-refractivity contribution in [3.63, 3.8) is 0 Å². The van der Waals surface area contributed by atoms with Crippen molar-refractivity contribution in [1.82, 2.24) is 0 Å². The first-order valence-corrected chi connectivity index (χ1v) is 5.61. The molecule has 2 heteroatoms. The predicted molar refractivity (Wildman–Crippen MR) is 65.2 cm³/mol. The van der Waals surface area contributed by atoms with E-state index in [9.17, 15) is 5.11 Å². The molecule has 0 spiro atoms. The molecule has 1 aromatic carbocycles. The number of rotatable bonds is 4. The van der Waals surface area contributed by atoms with E-state index in [4.69, 9.17) is 0 Å². The molecular weight excluding hydrogens is 186 g/mol. The normalized spacial score (nSPS) is 12.9. The van der Waals surface area contributed by atoms with Gasteiger partial charge in [0.15, 0.2) is 0 Å². The summed E-state index contributed by atoms with van der Waals surface area (Å²) in [7, 11) is 0. The minimum absolute atomic E-state index is 0.408. The van der Waals surface area contributed by atoms with E-state index in [1.807, 2.05) is 25.1 Å². The Balaban J connectivity index is 3.11. The van der Waals surface area contributed by atoms with E-state index in [1.54, 1.807) is 0 Å². The van der Waals surface area contributed by atoms with Gasteiger partial charge in [-0.1, -0.05) is 18.2 Å². The summed E-state index contributed by atoms with van der Waals surface area (Å²) in [5.74, 6) is 0. The van der Waals surface area contributed by atoms with Gasteiger partial charge in [0.05, 0.1) is 6.10 Å². The van der Waals surface area contributed by atoms with Gasteiger partial charge in [-0.25, -0.2) is 0 Å². The Morgan fingerprint density at radius 3 is 2.27 bits per heavy atom. The van der Waals surface area contributed by atoms with E-state index in [-0.39, 0.29) is 0 Å². The van der Waals surface area contributed by atoms with Crippen molar-refractivity contribution in [1.29, 1.82) is 0 Å². The molecule has 0 amide bonds. The smallest absolute Gasteiger partial charge is 0.0781 e. The lowest BCUT2D eigenvalue weighted by Gasteiger charge is -2.30. The van der Waals surface area contributed by atoms with Gasteiger partial charge in [0.2, 0.25) is 0 Å². The van der Waals surface area contributed by atoms with Crippen LogP contribution in [0.15, 0.2) is 24.3 Å². The van der Waals surface area contributed by atoms with Crippen molar-refractivity contribution in [3.8, 4) is 0 Å². The zero-order chi connectivity index (χ0) is 11.4. The maximum Gasteiger partial charge on any atom is 0.0781 e. The molecule has 0 aromatic heterocycles. The summed E-state index contributed by atoms with van der Waals surface area (Å²) in [6.45, 7) is 9.25. The lowest BCUT2D eigenvalue weighted by molar-refractivity contribution is 0.199. The number of hydrogen-bond acceptors (Lipinski definition) is 2. The molecule has 84 valence electrons. The van der Waals surface area contributed by atoms with Crippen molar-refractivity contribution in [2.75, 3.05) is 11.4 Å². The first kappa shape index (κ1) is 12.1. The lowest BCUT2D eigenvalue weighted by Crippen LogP contribution is -2.31. The molecule has 0 saturated carbocycles. The van der Waals surface area contributed by atoms with Crippen LogP contribution in [0.1, 0.15) is 39.4 Å². The highest BCUT2D eigenvalue weighted by atomic mass is 16.3. The van der Waals surface area contributed by atoms with Crippen LogP contribution in [0, 0.1) is 0 Å². The van der Waals surface area contributed by atoms with Gasteiger partial charge in [-0.2, -0.15) is 0 Å². The maximum atomic E-state index is 9.70. The highest BCUT2D eigenvalue weighted by Crippen LogP contribution is 2.27. The molecule has 0 aliphatic rings. The molecule has 15 heavy (non-hydrogen) atoms. The fourth-order valence-electron chi connectivity index (χ4n) is 1.92. The molecule has 1 N–H and O–H groups in total. The summed E-state index contributed by atoms with van der Waals surface area (Å²) >= 11 is 0. The van der Waals surface area contributed by atoms with Gasteiger partial charge in [-0.3, -0.25) is 0 Å². The van der Waals surface area contributed by atoms with E-state index >= 15 is 0 Å². The Morgan fingerprint density at radius 1 is 1.20 bits per heavy atom. The SMILES string of the molecule is CCN(c1ccccc1C(C)O)C(C)C. The van der Waals surface area contributed by atoms with Crippen molar-refractivity contribution in [2.45, 2.75) is 39.8 Å². The quantitative estimate of drug-likeness (QED) is 0.820. The van der Waals surface area contributed by atoms with Crippen LogP contribution in [0.5, 0.6) is 0 Å². The summed E-state index contributed by atoms with van der Waals surface area (Å²) in [6.07, 6.45) is -0.408. The largest absolute Gasteiger partial charge is 0.389 e. The second-order valence-corrected chi connectivity index (χ2v) is 4.11. The van der Waals surface area contributed by atoms with Crippen LogP contribution in [0.2, 0.25) is 0 Å². The molecule has 1 aromatic rings. The van der Waals surface area contributed by atoms with Gasteiger partial charge in [-0.05, 0) is 33.8 Å². The molecule has 0 bridgehead atoms. The van der Waals surface area contributed by atoms with E-state index in [0.717, 1.165) is 17.8 Å². The first-order chi connectivity index (χ1) is 7.07. The summed E-state index contributed by atoms with van der Waals surface area (Å²) in [5, 5.41) is 9.70. The van der Waals surface area contributed by atoms with Crippen LogP contribution in [-0.4, -0.2) is 17.7 Å². The minimum Gasteiger partial charge on any atom is -0.389 e. The van der Waals surface area contributed by atoms with Gasteiger partial charge in [-0.15, -0.1) is 0 Å². The van der Waals surface area contributed by atoms with Crippen LogP contribution >= 0.6 is 0 Å². The Labute approximate surface area is 92.5 Å². The maximum absolute atomic E-state index is 9.70. The third-order valence-electron chi connectivity index (χ3n) is 2.66. The zero-order valence-corrected chi connectivity index (χ0v) is 10.1. The summed E-state index contributed by atoms with van der Waals surface area (Å²) in [5.41, 5.74) is 2.15. The van der Waals surface area contributed by atoms with Crippen LogP contribution < -0.4 is 4.90 Å². The molecule has 0 heterocycles. The fraction of sp³-hybridized carbons (Fsp3) is 0.538. The second-order valence-electron chi connectivity index (χ2n) is 4.11. The molecule has 0 saturated heterocycles. The number of aliphatic hydroxyl groups excluding tert-OH is 1. The lowest BCUT2D eigenvalue weighted by atomic mass is 10.1. The molecule has 0 aliphatic carbocycles. The van der Waals surface area contributed by atoms with E-state index in [1.165, 1.54) is 0 Å². The summed E-state index contributed by atoms with van der Waals surface area (Å²) in [4.78, 5) is 2.29. The van der Waals surface area contributed by atoms with E-state index in [0.29, 0.717) is 6.04 Å². The molecule has 1 unspecified atom stereocenters. The van der Waals surface area contributed by atoms with Crippen LogP contribution in [0.4, 0.5) is 5.69 Å². The average Bonchev–Trinajstić information content (AvgIpc) is 2.18. The molecular formula is C13H21NO. The molecule has 0 fully saturated rings. The third kappa shape index (κ3) is 2.72. The second kappa shape index (κ2) is 5.17. The predicted octanol–water partition coefficient (Wildman–Crippen LogP) is 2.97. The van der Waals surface area contributed by atoms with E-state index < -0.39 is 6.10 Å². The number of hydrogen-bond donors (Lipinski definition) is 1. The Bertz CT molecular complexity index is 307. The fourth-order valence-corrected chi connectivity index (χ4v) is 1.92. The standard InChI is InChI=1S/C13H21NO/c1-5-14(10(2)3)13-9-7-6-8-12(13)11(4)15/h6-11,15H,5H2,1-4H3. The molecule has 2 nitrogen and oxygen atoms in total. The molecule has 1 rings (SSSR count). The molecule has 0 aliphatic heterocycles. The van der Waals surface area contributed by atoms with E-state index in [2.05, 4.69) is 31.7 Å². The monoisotopic (exact) mass is 207 g/mol. The van der Waals surface area contributed by atoms with Crippen LogP contribution in [0.3, 0.4) is 0 Å². The zero-order valence-electron chi connectivity index (χ0n) is 10.1. The average molecular weight is 207 g/mol. The first-order valence-electron chi connectivity index (χ1n) is 5.61. The van der Waals surface area contributed by atoms with Crippen molar-refractivity contribution >= 4 is 5.69 Å². The van der Waals surface area contributed by atoms with Gasteiger partial charge >= 0.3 is 0 Å². The minimum atomic E-state index is -0.408. The summed E-state index contributed by atoms with van der Waals surface area (Å²) in [6, 6.07) is 8.51. The highest BCUT2D eigenvalue weighted by molar-refractivity contribution is 5.55. The number of anilines is 1. The highest BCUT2D eigenvalue weighted by Gasteiger charge is 2.14. The number of aliphatic hydroxyl groups is 1. The van der Waals surface area contributed by atoms with Gasteiger partial charge in [0.25, 0.3) is 0 Å².